The summed E-state index contributed by atoms with van der Waals surface area (Å²) < 4.78 is 38.6. The zero-order valence-corrected chi connectivity index (χ0v) is 7.86. The van der Waals surface area contributed by atoms with E-state index in [1.165, 1.54) is 6.07 Å². The molecule has 0 amide bonds. The number of hydrogen-bond donors (Lipinski definition) is 1. The minimum atomic E-state index is -1.41. The molecular weight excluding hydrogens is 191 g/mol. The average Bonchev–Trinajstić information content (AvgIpc) is 2.15. The standard InChI is InChI=1S/C10H12F3N/c1-6(4-5-14)7-2-3-8(11)10(13)9(7)12/h2-3,6H,4-5,14H2,1H3. The van der Waals surface area contributed by atoms with E-state index in [0.29, 0.717) is 13.0 Å². The molecule has 1 aromatic rings. The number of halogens is 3. The van der Waals surface area contributed by atoms with Gasteiger partial charge in [-0.05, 0) is 30.5 Å². The van der Waals surface area contributed by atoms with Gasteiger partial charge in [-0.2, -0.15) is 0 Å². The fraction of sp³-hybridized carbons (Fsp3) is 0.400. The van der Waals surface area contributed by atoms with E-state index in [2.05, 4.69) is 0 Å². The van der Waals surface area contributed by atoms with Crippen molar-refractivity contribution in [3.63, 3.8) is 0 Å². The Morgan fingerprint density at radius 3 is 2.43 bits per heavy atom. The second-order valence-corrected chi connectivity index (χ2v) is 3.24. The third-order valence-electron chi connectivity index (χ3n) is 2.20. The van der Waals surface area contributed by atoms with Crippen LogP contribution in [-0.2, 0) is 0 Å². The van der Waals surface area contributed by atoms with Crippen LogP contribution < -0.4 is 5.73 Å². The number of benzene rings is 1. The van der Waals surface area contributed by atoms with Gasteiger partial charge in [0.05, 0.1) is 0 Å². The van der Waals surface area contributed by atoms with Crippen LogP contribution in [0.5, 0.6) is 0 Å². The maximum atomic E-state index is 13.2. The van der Waals surface area contributed by atoms with Crippen molar-refractivity contribution >= 4 is 0 Å². The van der Waals surface area contributed by atoms with Crippen LogP contribution in [0, 0.1) is 17.5 Å². The van der Waals surface area contributed by atoms with Crippen molar-refractivity contribution in [2.75, 3.05) is 6.54 Å². The lowest BCUT2D eigenvalue weighted by Gasteiger charge is -2.11. The van der Waals surface area contributed by atoms with E-state index in [1.54, 1.807) is 6.92 Å². The highest BCUT2D eigenvalue weighted by molar-refractivity contribution is 5.23. The zero-order valence-electron chi connectivity index (χ0n) is 7.86. The van der Waals surface area contributed by atoms with Crippen molar-refractivity contribution in [1.82, 2.24) is 0 Å². The van der Waals surface area contributed by atoms with Crippen LogP contribution in [0.2, 0.25) is 0 Å². The Kier molecular flexibility index (Phi) is 3.52. The van der Waals surface area contributed by atoms with Crippen molar-refractivity contribution in [3.05, 3.63) is 35.1 Å². The first-order valence-electron chi connectivity index (χ1n) is 4.41. The van der Waals surface area contributed by atoms with Crippen LogP contribution in [0.3, 0.4) is 0 Å². The zero-order chi connectivity index (χ0) is 10.7. The van der Waals surface area contributed by atoms with Crippen LogP contribution in [0.4, 0.5) is 13.2 Å². The molecule has 1 aromatic carbocycles. The van der Waals surface area contributed by atoms with Crippen LogP contribution in [-0.4, -0.2) is 6.54 Å². The molecule has 0 heterocycles. The van der Waals surface area contributed by atoms with Crippen molar-refractivity contribution in [2.24, 2.45) is 5.73 Å². The molecule has 0 aromatic heterocycles. The molecule has 0 aliphatic rings. The van der Waals surface area contributed by atoms with Crippen LogP contribution in [0.15, 0.2) is 12.1 Å². The van der Waals surface area contributed by atoms with Gasteiger partial charge >= 0.3 is 0 Å². The molecule has 0 spiro atoms. The van der Waals surface area contributed by atoms with E-state index in [9.17, 15) is 13.2 Å². The van der Waals surface area contributed by atoms with E-state index in [0.717, 1.165) is 6.07 Å². The topological polar surface area (TPSA) is 26.0 Å². The molecule has 1 rings (SSSR count). The maximum Gasteiger partial charge on any atom is 0.194 e. The predicted octanol–water partition coefficient (Wildman–Crippen LogP) is 2.56. The van der Waals surface area contributed by atoms with Gasteiger partial charge in [-0.1, -0.05) is 13.0 Å². The largest absolute Gasteiger partial charge is 0.330 e. The fourth-order valence-electron chi connectivity index (χ4n) is 1.33. The summed E-state index contributed by atoms with van der Waals surface area (Å²) in [5, 5.41) is 0. The van der Waals surface area contributed by atoms with Crippen LogP contribution in [0.1, 0.15) is 24.8 Å². The molecule has 4 heteroatoms. The highest BCUT2D eigenvalue weighted by Gasteiger charge is 2.16. The van der Waals surface area contributed by atoms with E-state index in [1.807, 2.05) is 0 Å². The minimum absolute atomic E-state index is 0.175. The maximum absolute atomic E-state index is 13.2. The van der Waals surface area contributed by atoms with E-state index < -0.39 is 17.5 Å². The van der Waals surface area contributed by atoms with Gasteiger partial charge in [-0.25, -0.2) is 13.2 Å². The molecule has 78 valence electrons. The van der Waals surface area contributed by atoms with Gasteiger partial charge in [0.2, 0.25) is 0 Å². The Morgan fingerprint density at radius 2 is 1.86 bits per heavy atom. The van der Waals surface area contributed by atoms with Crippen molar-refractivity contribution in [3.8, 4) is 0 Å². The van der Waals surface area contributed by atoms with E-state index in [-0.39, 0.29) is 11.5 Å². The second-order valence-electron chi connectivity index (χ2n) is 3.24. The van der Waals surface area contributed by atoms with Gasteiger partial charge in [-0.3, -0.25) is 0 Å². The normalized spacial score (nSPS) is 12.9. The van der Waals surface area contributed by atoms with Crippen LogP contribution >= 0.6 is 0 Å². The summed E-state index contributed by atoms with van der Waals surface area (Å²) in [5.41, 5.74) is 5.47. The molecule has 0 aliphatic heterocycles. The summed E-state index contributed by atoms with van der Waals surface area (Å²) in [6.07, 6.45) is 0.544. The quantitative estimate of drug-likeness (QED) is 0.750. The molecule has 1 atom stereocenters. The summed E-state index contributed by atoms with van der Waals surface area (Å²) in [7, 11) is 0. The monoisotopic (exact) mass is 203 g/mol. The Morgan fingerprint density at radius 1 is 1.21 bits per heavy atom. The average molecular weight is 203 g/mol. The van der Waals surface area contributed by atoms with Gasteiger partial charge in [0.1, 0.15) is 0 Å². The van der Waals surface area contributed by atoms with E-state index in [4.69, 9.17) is 5.73 Å². The molecule has 2 N–H and O–H groups in total. The summed E-state index contributed by atoms with van der Waals surface area (Å²) in [4.78, 5) is 0. The molecular formula is C10H12F3N. The van der Waals surface area contributed by atoms with Crippen molar-refractivity contribution in [1.29, 1.82) is 0 Å². The Hall–Kier alpha value is -1.03. The third-order valence-corrected chi connectivity index (χ3v) is 2.20. The molecule has 0 bridgehead atoms. The first kappa shape index (κ1) is 11.0. The number of hydrogen-bond acceptors (Lipinski definition) is 1. The lowest BCUT2D eigenvalue weighted by atomic mass is 9.97. The van der Waals surface area contributed by atoms with Gasteiger partial charge in [0, 0.05) is 0 Å². The molecule has 0 saturated heterocycles. The lowest BCUT2D eigenvalue weighted by molar-refractivity contribution is 0.435. The van der Waals surface area contributed by atoms with Gasteiger partial charge in [-0.15, -0.1) is 0 Å². The highest BCUT2D eigenvalue weighted by Crippen LogP contribution is 2.24. The Labute approximate surface area is 80.7 Å². The third kappa shape index (κ3) is 2.07. The van der Waals surface area contributed by atoms with E-state index >= 15 is 0 Å². The van der Waals surface area contributed by atoms with Gasteiger partial charge < -0.3 is 5.73 Å². The molecule has 0 aliphatic carbocycles. The molecule has 0 saturated carbocycles. The second kappa shape index (κ2) is 4.46. The number of rotatable bonds is 3. The van der Waals surface area contributed by atoms with Crippen molar-refractivity contribution in [2.45, 2.75) is 19.3 Å². The highest BCUT2D eigenvalue weighted by atomic mass is 19.2. The van der Waals surface area contributed by atoms with Crippen molar-refractivity contribution < 1.29 is 13.2 Å². The summed E-state index contributed by atoms with van der Waals surface area (Å²) in [5.74, 6) is -3.88. The minimum Gasteiger partial charge on any atom is -0.330 e. The molecule has 0 fully saturated rings. The molecule has 1 nitrogen and oxygen atoms in total. The van der Waals surface area contributed by atoms with Gasteiger partial charge in [0.25, 0.3) is 0 Å². The fourth-order valence-corrected chi connectivity index (χ4v) is 1.33. The molecule has 0 radical (unpaired) electrons. The Bertz CT molecular complexity index is 325. The smallest absolute Gasteiger partial charge is 0.194 e. The lowest BCUT2D eigenvalue weighted by Crippen LogP contribution is -2.07. The SMILES string of the molecule is CC(CCN)c1ccc(F)c(F)c1F. The first-order valence-corrected chi connectivity index (χ1v) is 4.41. The first-order chi connectivity index (χ1) is 6.57. The number of nitrogens with two attached hydrogens (primary N) is 1. The Balaban J connectivity index is 3.04. The van der Waals surface area contributed by atoms with Crippen LogP contribution in [0.25, 0.3) is 0 Å². The predicted molar refractivity (Wildman–Crippen MR) is 48.4 cm³/mol. The molecule has 14 heavy (non-hydrogen) atoms. The van der Waals surface area contributed by atoms with Gasteiger partial charge in [0.15, 0.2) is 17.5 Å². The summed E-state index contributed by atoms with van der Waals surface area (Å²) >= 11 is 0. The summed E-state index contributed by atoms with van der Waals surface area (Å²) in [6, 6.07) is 2.19. The summed E-state index contributed by atoms with van der Waals surface area (Å²) in [6.45, 7) is 2.11. The molecule has 1 unspecified atom stereocenters.